The van der Waals surface area contributed by atoms with Crippen LogP contribution in [0.2, 0.25) is 0 Å². The number of benzene rings is 1. The van der Waals surface area contributed by atoms with Crippen LogP contribution >= 0.6 is 0 Å². The Labute approximate surface area is 205 Å². The number of furan rings is 1. The number of H-pyrrole nitrogens is 1. The van der Waals surface area contributed by atoms with Gasteiger partial charge in [0.2, 0.25) is 5.76 Å². The van der Waals surface area contributed by atoms with E-state index in [0.717, 1.165) is 0 Å². The Kier molecular flexibility index (Phi) is 5.85. The number of Topliss-reactive ketones (excluding diaryl/α,β-unsaturated/α-hetero) is 1. The number of nitrogens with zero attached hydrogens (tertiary/aromatic N) is 3. The minimum Gasteiger partial charge on any atom is -0.475 e. The summed E-state index contributed by atoms with van der Waals surface area (Å²) in [5, 5.41) is 9.66. The topological polar surface area (TPSA) is 137 Å². The molecule has 0 spiro atoms. The fourth-order valence-electron chi connectivity index (χ4n) is 4.39. The number of pyridine rings is 1. The van der Waals surface area contributed by atoms with E-state index < -0.39 is 17.7 Å². The quantitative estimate of drug-likeness (QED) is 0.327. The fourth-order valence-corrected chi connectivity index (χ4v) is 4.39. The smallest absolute Gasteiger partial charge is 0.371 e. The normalized spacial score (nSPS) is 13.7. The average Bonchev–Trinajstić information content (AvgIpc) is 3.57. The van der Waals surface area contributed by atoms with Crippen molar-refractivity contribution in [2.24, 2.45) is 0 Å². The number of aromatic amines is 1. The molecule has 1 saturated heterocycles. The SMILES string of the molecule is Cc1cnc(-c2ccc(C(=O)O)o2)c2[nH]cc(C(=O)C(=O)N3CCN(C(=O)c4ccccc4)CC3)c12. The zero-order valence-corrected chi connectivity index (χ0v) is 19.4. The van der Waals surface area contributed by atoms with Gasteiger partial charge in [-0.15, -0.1) is 0 Å². The standard InChI is InChI=1S/C26H22N4O6/c1-15-13-27-21(18-7-8-19(36-18)26(34)35)22-20(15)17(14-28-22)23(31)25(33)30-11-9-29(10-12-30)24(32)16-5-3-2-4-6-16/h2-8,13-14,28H,9-12H2,1H3,(H,34,35). The molecule has 0 aliphatic carbocycles. The number of hydrogen-bond acceptors (Lipinski definition) is 6. The van der Waals surface area contributed by atoms with Gasteiger partial charge in [-0.05, 0) is 36.8 Å². The van der Waals surface area contributed by atoms with E-state index in [9.17, 15) is 19.2 Å². The summed E-state index contributed by atoms with van der Waals surface area (Å²) >= 11 is 0. The molecule has 1 aliphatic rings. The van der Waals surface area contributed by atoms with Crippen LogP contribution in [-0.2, 0) is 4.79 Å². The maximum absolute atomic E-state index is 13.2. The molecular weight excluding hydrogens is 464 g/mol. The molecule has 1 aliphatic heterocycles. The Morgan fingerprint density at radius 3 is 2.33 bits per heavy atom. The van der Waals surface area contributed by atoms with E-state index in [1.54, 1.807) is 42.3 Å². The first kappa shape index (κ1) is 23.0. The van der Waals surface area contributed by atoms with Crippen molar-refractivity contribution >= 4 is 34.5 Å². The van der Waals surface area contributed by atoms with Gasteiger partial charge < -0.3 is 24.3 Å². The molecule has 2 amide bonds. The summed E-state index contributed by atoms with van der Waals surface area (Å²) in [5.74, 6) is -2.64. The molecule has 10 nitrogen and oxygen atoms in total. The molecule has 4 aromatic rings. The number of amides is 2. The molecule has 0 saturated carbocycles. The number of aryl methyl sites for hydroxylation is 1. The highest BCUT2D eigenvalue weighted by Gasteiger charge is 2.31. The number of piperazine rings is 1. The van der Waals surface area contributed by atoms with E-state index in [1.165, 1.54) is 23.2 Å². The van der Waals surface area contributed by atoms with Gasteiger partial charge >= 0.3 is 5.97 Å². The molecule has 10 heteroatoms. The molecule has 0 radical (unpaired) electrons. The third-order valence-electron chi connectivity index (χ3n) is 6.26. The van der Waals surface area contributed by atoms with Crippen molar-refractivity contribution in [3.63, 3.8) is 0 Å². The number of carbonyl (C=O) groups excluding carboxylic acids is 3. The third kappa shape index (κ3) is 4.02. The van der Waals surface area contributed by atoms with Crippen molar-refractivity contribution < 1.29 is 28.7 Å². The van der Waals surface area contributed by atoms with Crippen LogP contribution in [0.4, 0.5) is 0 Å². The van der Waals surface area contributed by atoms with Gasteiger partial charge in [-0.2, -0.15) is 0 Å². The highest BCUT2D eigenvalue weighted by atomic mass is 16.4. The average molecular weight is 486 g/mol. The largest absolute Gasteiger partial charge is 0.475 e. The Morgan fingerprint density at radius 1 is 0.972 bits per heavy atom. The summed E-state index contributed by atoms with van der Waals surface area (Å²) in [7, 11) is 0. The van der Waals surface area contributed by atoms with Gasteiger partial charge in [0.05, 0.1) is 11.1 Å². The molecule has 4 heterocycles. The van der Waals surface area contributed by atoms with Gasteiger partial charge in [0.25, 0.3) is 17.6 Å². The van der Waals surface area contributed by atoms with E-state index in [0.29, 0.717) is 40.8 Å². The number of aromatic carboxylic acids is 1. The van der Waals surface area contributed by atoms with Crippen molar-refractivity contribution in [3.05, 3.63) is 77.3 Å². The maximum Gasteiger partial charge on any atom is 0.371 e. The summed E-state index contributed by atoms with van der Waals surface area (Å²) in [6.45, 7) is 2.94. The van der Waals surface area contributed by atoms with E-state index >= 15 is 0 Å². The summed E-state index contributed by atoms with van der Waals surface area (Å²) in [6, 6.07) is 11.7. The second-order valence-electron chi connectivity index (χ2n) is 8.49. The number of carboxylic acids is 1. The second-order valence-corrected chi connectivity index (χ2v) is 8.49. The van der Waals surface area contributed by atoms with Crippen molar-refractivity contribution in [1.29, 1.82) is 0 Å². The predicted molar refractivity (Wildman–Crippen MR) is 129 cm³/mol. The molecule has 0 atom stereocenters. The minimum atomic E-state index is -1.21. The fraction of sp³-hybridized carbons (Fsp3) is 0.192. The van der Waals surface area contributed by atoms with Gasteiger partial charge in [-0.3, -0.25) is 19.4 Å². The molecule has 2 N–H and O–H groups in total. The van der Waals surface area contributed by atoms with Crippen molar-refractivity contribution in [2.75, 3.05) is 26.2 Å². The summed E-state index contributed by atoms with van der Waals surface area (Å²) in [4.78, 5) is 60.7. The lowest BCUT2D eigenvalue weighted by Crippen LogP contribution is -2.52. The maximum atomic E-state index is 13.2. The molecule has 182 valence electrons. The number of carbonyl (C=O) groups is 4. The number of ketones is 1. The molecule has 1 fully saturated rings. The number of fused-ring (bicyclic) bond motifs is 1. The molecular formula is C26H22N4O6. The van der Waals surface area contributed by atoms with Gasteiger partial charge in [0.15, 0.2) is 5.76 Å². The van der Waals surface area contributed by atoms with Crippen LogP contribution in [0.5, 0.6) is 0 Å². The van der Waals surface area contributed by atoms with E-state index in [1.807, 2.05) is 6.07 Å². The van der Waals surface area contributed by atoms with Crippen LogP contribution in [0, 0.1) is 6.92 Å². The van der Waals surface area contributed by atoms with E-state index in [4.69, 9.17) is 9.52 Å². The van der Waals surface area contributed by atoms with Gasteiger partial charge in [0.1, 0.15) is 5.69 Å². The van der Waals surface area contributed by atoms with Crippen molar-refractivity contribution in [3.8, 4) is 11.5 Å². The van der Waals surface area contributed by atoms with Crippen molar-refractivity contribution in [2.45, 2.75) is 6.92 Å². The molecule has 5 rings (SSSR count). The number of hydrogen-bond donors (Lipinski definition) is 2. The first-order valence-corrected chi connectivity index (χ1v) is 11.3. The number of carboxylic acid groups (broad SMARTS) is 1. The van der Waals surface area contributed by atoms with Gasteiger partial charge in [-0.1, -0.05) is 18.2 Å². The zero-order chi connectivity index (χ0) is 25.4. The summed E-state index contributed by atoms with van der Waals surface area (Å²) in [6.07, 6.45) is 3.00. The van der Waals surface area contributed by atoms with Crippen LogP contribution in [0.3, 0.4) is 0 Å². The van der Waals surface area contributed by atoms with Gasteiger partial charge in [-0.25, -0.2) is 4.79 Å². The van der Waals surface area contributed by atoms with Crippen LogP contribution < -0.4 is 0 Å². The first-order chi connectivity index (χ1) is 17.3. The zero-order valence-electron chi connectivity index (χ0n) is 19.4. The predicted octanol–water partition coefficient (Wildman–Crippen LogP) is 3.00. The number of aromatic nitrogens is 2. The molecule has 1 aromatic carbocycles. The van der Waals surface area contributed by atoms with Crippen LogP contribution in [0.15, 0.2) is 59.3 Å². The number of nitrogens with one attached hydrogen (secondary N) is 1. The Hall–Kier alpha value is -4.73. The summed E-state index contributed by atoms with van der Waals surface area (Å²) < 4.78 is 5.38. The third-order valence-corrected chi connectivity index (χ3v) is 6.26. The monoisotopic (exact) mass is 486 g/mol. The van der Waals surface area contributed by atoms with Crippen LogP contribution in [-0.4, -0.2) is 74.6 Å². The molecule has 36 heavy (non-hydrogen) atoms. The first-order valence-electron chi connectivity index (χ1n) is 11.3. The lowest BCUT2D eigenvalue weighted by molar-refractivity contribution is -0.127. The second kappa shape index (κ2) is 9.14. The van der Waals surface area contributed by atoms with E-state index in [-0.39, 0.29) is 36.1 Å². The van der Waals surface area contributed by atoms with E-state index in [2.05, 4.69) is 9.97 Å². The van der Waals surface area contributed by atoms with Crippen LogP contribution in [0.1, 0.15) is 36.8 Å². The number of rotatable bonds is 5. The lowest BCUT2D eigenvalue weighted by Gasteiger charge is -2.34. The summed E-state index contributed by atoms with van der Waals surface area (Å²) in [5.41, 5.74) is 2.26. The minimum absolute atomic E-state index is 0.106. The van der Waals surface area contributed by atoms with Crippen molar-refractivity contribution in [1.82, 2.24) is 19.8 Å². The highest BCUT2D eigenvalue weighted by molar-refractivity contribution is 6.45. The molecule has 0 unspecified atom stereocenters. The Bertz CT molecular complexity index is 1500. The lowest BCUT2D eigenvalue weighted by atomic mass is 10.0. The Balaban J connectivity index is 1.35. The molecule has 0 bridgehead atoms. The highest BCUT2D eigenvalue weighted by Crippen LogP contribution is 2.31. The molecule has 3 aromatic heterocycles. The van der Waals surface area contributed by atoms with Gasteiger partial charge in [0, 0.05) is 49.5 Å². The van der Waals surface area contributed by atoms with Crippen LogP contribution in [0.25, 0.3) is 22.4 Å². The Morgan fingerprint density at radius 2 is 1.67 bits per heavy atom.